The number of hydrogen-bond donors (Lipinski definition) is 0. The summed E-state index contributed by atoms with van der Waals surface area (Å²) in [4.78, 5) is 4.39. The number of rotatable bonds is 2. The number of hydrogen-bond acceptors (Lipinski definition) is 2. The van der Waals surface area contributed by atoms with Gasteiger partial charge < -0.3 is 0 Å². The Morgan fingerprint density at radius 2 is 1.88 bits per heavy atom. The van der Waals surface area contributed by atoms with Gasteiger partial charge >= 0.3 is 0 Å². The summed E-state index contributed by atoms with van der Waals surface area (Å²) >= 11 is 5.83. The molecule has 0 radical (unpaired) electrons. The Hall–Kier alpha value is -1.85. The van der Waals surface area contributed by atoms with Crippen LogP contribution in [0.3, 0.4) is 0 Å². The Balaban J connectivity index is 2.41. The quantitative estimate of drug-likeness (QED) is 0.805. The summed E-state index contributed by atoms with van der Waals surface area (Å²) in [6, 6.07) is 15.3. The molecule has 2 rings (SSSR count). The summed E-state index contributed by atoms with van der Waals surface area (Å²) in [6.45, 7) is 1.92. The minimum atomic E-state index is -0.341. The van der Waals surface area contributed by atoms with Crippen LogP contribution in [0.5, 0.6) is 0 Å². The molecule has 1 atom stereocenters. The average Bonchev–Trinajstić information content (AvgIpc) is 2.33. The van der Waals surface area contributed by atoms with E-state index in [1.165, 1.54) is 0 Å². The summed E-state index contributed by atoms with van der Waals surface area (Å²) < 4.78 is 0. The van der Waals surface area contributed by atoms with Gasteiger partial charge in [0.05, 0.1) is 11.8 Å². The molecule has 84 valence electrons. The van der Waals surface area contributed by atoms with Gasteiger partial charge in [0, 0.05) is 10.7 Å². The van der Waals surface area contributed by atoms with Crippen LogP contribution in [-0.4, -0.2) is 4.98 Å². The van der Waals surface area contributed by atoms with Gasteiger partial charge in [-0.15, -0.1) is 0 Å². The lowest BCUT2D eigenvalue weighted by molar-refractivity contribution is 0.948. The Bertz CT molecular complexity index is 555. The fraction of sp³-hybridized carbons (Fsp3) is 0.143. The predicted octanol–water partition coefficient (Wildman–Crippen LogP) is 3.70. The van der Waals surface area contributed by atoms with Crippen molar-refractivity contribution in [3.05, 3.63) is 64.4 Å². The highest BCUT2D eigenvalue weighted by Gasteiger charge is 2.14. The van der Waals surface area contributed by atoms with E-state index >= 15 is 0 Å². The summed E-state index contributed by atoms with van der Waals surface area (Å²) in [7, 11) is 0. The van der Waals surface area contributed by atoms with Crippen LogP contribution >= 0.6 is 11.6 Å². The molecule has 0 saturated carbocycles. The number of halogens is 1. The minimum Gasteiger partial charge on any atom is -0.256 e. The SMILES string of the molecule is Cc1cccc(C(C#N)c2ccc(Cl)cc2)n1. The van der Waals surface area contributed by atoms with Crippen molar-refractivity contribution in [3.63, 3.8) is 0 Å². The maximum atomic E-state index is 9.27. The molecule has 0 amide bonds. The molecule has 0 spiro atoms. The van der Waals surface area contributed by atoms with Crippen LogP contribution in [0.25, 0.3) is 0 Å². The third-order valence-electron chi connectivity index (χ3n) is 2.54. The van der Waals surface area contributed by atoms with Gasteiger partial charge in [-0.05, 0) is 36.8 Å². The zero-order valence-corrected chi connectivity index (χ0v) is 10.1. The molecule has 1 heterocycles. The van der Waals surface area contributed by atoms with Crippen LogP contribution in [0.1, 0.15) is 22.9 Å². The molecule has 0 N–H and O–H groups in total. The van der Waals surface area contributed by atoms with Crippen molar-refractivity contribution >= 4 is 11.6 Å². The first kappa shape index (κ1) is 11.6. The molecule has 17 heavy (non-hydrogen) atoms. The summed E-state index contributed by atoms with van der Waals surface area (Å²) in [6.07, 6.45) is 0. The molecular weight excluding hydrogens is 232 g/mol. The monoisotopic (exact) mass is 242 g/mol. The molecule has 1 unspecified atom stereocenters. The van der Waals surface area contributed by atoms with Gasteiger partial charge in [-0.25, -0.2) is 0 Å². The second-order valence-electron chi connectivity index (χ2n) is 3.82. The van der Waals surface area contributed by atoms with Crippen LogP contribution in [-0.2, 0) is 0 Å². The van der Waals surface area contributed by atoms with Crippen LogP contribution < -0.4 is 0 Å². The largest absolute Gasteiger partial charge is 0.256 e. The van der Waals surface area contributed by atoms with Gasteiger partial charge in [-0.3, -0.25) is 4.98 Å². The van der Waals surface area contributed by atoms with Gasteiger partial charge in [0.2, 0.25) is 0 Å². The van der Waals surface area contributed by atoms with Crippen molar-refractivity contribution in [2.75, 3.05) is 0 Å². The van der Waals surface area contributed by atoms with Gasteiger partial charge in [-0.1, -0.05) is 29.8 Å². The molecule has 0 aliphatic heterocycles. The Morgan fingerprint density at radius 1 is 1.18 bits per heavy atom. The van der Waals surface area contributed by atoms with Crippen LogP contribution in [0, 0.1) is 18.3 Å². The fourth-order valence-electron chi connectivity index (χ4n) is 1.69. The highest BCUT2D eigenvalue weighted by atomic mass is 35.5. The molecule has 0 bridgehead atoms. The van der Waals surface area contributed by atoms with Crippen molar-refractivity contribution in [1.82, 2.24) is 4.98 Å². The standard InChI is InChI=1S/C14H11ClN2/c1-10-3-2-4-14(17-10)13(9-16)11-5-7-12(15)8-6-11/h2-8,13H,1H3. The average molecular weight is 243 g/mol. The zero-order chi connectivity index (χ0) is 12.3. The molecule has 2 nitrogen and oxygen atoms in total. The summed E-state index contributed by atoms with van der Waals surface area (Å²) in [5, 5.41) is 9.94. The van der Waals surface area contributed by atoms with Crippen molar-refractivity contribution in [1.29, 1.82) is 5.26 Å². The third-order valence-corrected chi connectivity index (χ3v) is 2.79. The maximum Gasteiger partial charge on any atom is 0.113 e. The highest BCUT2D eigenvalue weighted by Crippen LogP contribution is 2.23. The number of benzene rings is 1. The van der Waals surface area contributed by atoms with Crippen LogP contribution in [0.4, 0.5) is 0 Å². The van der Waals surface area contributed by atoms with E-state index in [0.29, 0.717) is 5.02 Å². The van der Waals surface area contributed by atoms with Gasteiger partial charge in [0.1, 0.15) is 5.92 Å². The third kappa shape index (κ3) is 2.64. The van der Waals surface area contributed by atoms with Crippen molar-refractivity contribution in [2.24, 2.45) is 0 Å². The lowest BCUT2D eigenvalue weighted by Gasteiger charge is -2.09. The Kier molecular flexibility index (Phi) is 3.41. The molecule has 0 fully saturated rings. The van der Waals surface area contributed by atoms with E-state index in [9.17, 15) is 5.26 Å². The van der Waals surface area contributed by atoms with Crippen LogP contribution in [0.2, 0.25) is 5.02 Å². The molecule has 0 aliphatic rings. The van der Waals surface area contributed by atoms with E-state index in [-0.39, 0.29) is 5.92 Å². The Morgan fingerprint density at radius 3 is 2.47 bits per heavy atom. The molecule has 2 aromatic rings. The molecular formula is C14H11ClN2. The van der Waals surface area contributed by atoms with Crippen molar-refractivity contribution < 1.29 is 0 Å². The van der Waals surface area contributed by atoms with E-state index in [4.69, 9.17) is 11.6 Å². The molecule has 1 aromatic carbocycles. The predicted molar refractivity (Wildman–Crippen MR) is 67.9 cm³/mol. The van der Waals surface area contributed by atoms with Crippen molar-refractivity contribution in [3.8, 4) is 6.07 Å². The van der Waals surface area contributed by atoms with E-state index < -0.39 is 0 Å². The van der Waals surface area contributed by atoms with Crippen LogP contribution in [0.15, 0.2) is 42.5 Å². The van der Waals surface area contributed by atoms with E-state index in [1.54, 1.807) is 12.1 Å². The second-order valence-corrected chi connectivity index (χ2v) is 4.25. The number of aromatic nitrogens is 1. The highest BCUT2D eigenvalue weighted by molar-refractivity contribution is 6.30. The first-order valence-corrected chi connectivity index (χ1v) is 5.67. The second kappa shape index (κ2) is 4.99. The normalized spacial score (nSPS) is 11.8. The molecule has 1 aromatic heterocycles. The van der Waals surface area contributed by atoms with Crippen molar-refractivity contribution in [2.45, 2.75) is 12.8 Å². The van der Waals surface area contributed by atoms with Gasteiger partial charge in [0.25, 0.3) is 0 Å². The Labute approximate surface area is 105 Å². The summed E-state index contributed by atoms with van der Waals surface area (Å²) in [5.41, 5.74) is 2.60. The minimum absolute atomic E-state index is 0.341. The fourth-order valence-corrected chi connectivity index (χ4v) is 1.82. The molecule has 0 saturated heterocycles. The summed E-state index contributed by atoms with van der Waals surface area (Å²) in [5.74, 6) is -0.341. The maximum absolute atomic E-state index is 9.27. The van der Waals surface area contributed by atoms with Gasteiger partial charge in [0.15, 0.2) is 0 Å². The van der Waals surface area contributed by atoms with Gasteiger partial charge in [-0.2, -0.15) is 5.26 Å². The lowest BCUT2D eigenvalue weighted by atomic mass is 9.96. The molecule has 0 aliphatic carbocycles. The van der Waals surface area contributed by atoms with E-state index in [1.807, 2.05) is 37.3 Å². The first-order valence-electron chi connectivity index (χ1n) is 5.29. The number of nitriles is 1. The lowest BCUT2D eigenvalue weighted by Crippen LogP contribution is -2.01. The smallest absolute Gasteiger partial charge is 0.113 e. The molecule has 3 heteroatoms. The number of aryl methyl sites for hydroxylation is 1. The first-order chi connectivity index (χ1) is 8.20. The number of nitrogens with zero attached hydrogens (tertiary/aromatic N) is 2. The zero-order valence-electron chi connectivity index (χ0n) is 9.39. The topological polar surface area (TPSA) is 36.7 Å². The van der Waals surface area contributed by atoms with E-state index in [0.717, 1.165) is 17.0 Å². The number of pyridine rings is 1. The van der Waals surface area contributed by atoms with E-state index in [2.05, 4.69) is 11.1 Å².